The van der Waals surface area contributed by atoms with E-state index in [-0.39, 0.29) is 18.4 Å². The number of aliphatic carboxylic acids is 1. The van der Waals surface area contributed by atoms with Gasteiger partial charge in [0.2, 0.25) is 0 Å². The summed E-state index contributed by atoms with van der Waals surface area (Å²) >= 11 is 5.91. The molecule has 1 fully saturated rings. The molecular formula is C14H16ClNO4. The van der Waals surface area contributed by atoms with E-state index in [4.69, 9.17) is 21.4 Å². The Hall–Kier alpha value is -1.75. The first-order chi connectivity index (χ1) is 9.43. The molecule has 0 aromatic heterocycles. The number of amides is 1. The lowest BCUT2D eigenvalue weighted by molar-refractivity contribution is -0.142. The Morgan fingerprint density at radius 2 is 2.10 bits per heavy atom. The summed E-state index contributed by atoms with van der Waals surface area (Å²) in [7, 11) is 1.48. The second-order valence-electron chi connectivity index (χ2n) is 4.98. The number of carboxylic acids is 1. The molecule has 108 valence electrons. The molecule has 1 aromatic carbocycles. The van der Waals surface area contributed by atoms with Crippen LogP contribution in [0.2, 0.25) is 5.02 Å². The number of methoxy groups -OCH3 is 1. The Labute approximate surface area is 122 Å². The van der Waals surface area contributed by atoms with Gasteiger partial charge in [0.25, 0.3) is 5.91 Å². The summed E-state index contributed by atoms with van der Waals surface area (Å²) in [5.74, 6) is -1.28. The van der Waals surface area contributed by atoms with Gasteiger partial charge >= 0.3 is 5.97 Å². The largest absolute Gasteiger partial charge is 0.496 e. The fraction of sp³-hybridized carbons (Fsp3) is 0.429. The first-order valence-corrected chi connectivity index (χ1v) is 6.67. The molecule has 1 aliphatic rings. The van der Waals surface area contributed by atoms with Gasteiger partial charge in [0.1, 0.15) is 5.75 Å². The maximum absolute atomic E-state index is 12.5. The molecule has 1 amide bonds. The second-order valence-corrected chi connectivity index (χ2v) is 5.41. The third kappa shape index (κ3) is 2.72. The van der Waals surface area contributed by atoms with Crippen LogP contribution in [0.25, 0.3) is 0 Å². The van der Waals surface area contributed by atoms with Gasteiger partial charge in [0.05, 0.1) is 18.6 Å². The predicted molar refractivity (Wildman–Crippen MR) is 74.2 cm³/mol. The van der Waals surface area contributed by atoms with Gasteiger partial charge in [-0.1, -0.05) is 18.5 Å². The number of hydrogen-bond donors (Lipinski definition) is 1. The topological polar surface area (TPSA) is 66.8 Å². The highest BCUT2D eigenvalue weighted by Gasteiger charge is 2.37. The van der Waals surface area contributed by atoms with E-state index in [0.29, 0.717) is 22.9 Å². The highest BCUT2D eigenvalue weighted by atomic mass is 35.5. The van der Waals surface area contributed by atoms with Gasteiger partial charge < -0.3 is 14.7 Å². The average Bonchev–Trinajstić information content (AvgIpc) is 2.80. The summed E-state index contributed by atoms with van der Waals surface area (Å²) in [6.07, 6.45) is 0. The van der Waals surface area contributed by atoms with Crippen molar-refractivity contribution in [2.45, 2.75) is 6.92 Å². The lowest BCUT2D eigenvalue weighted by atomic mass is 9.99. The third-order valence-electron chi connectivity index (χ3n) is 3.61. The Kier molecular flexibility index (Phi) is 4.18. The highest BCUT2D eigenvalue weighted by Crippen LogP contribution is 2.29. The maximum atomic E-state index is 12.5. The number of carboxylic acid groups (broad SMARTS) is 1. The van der Waals surface area contributed by atoms with Gasteiger partial charge in [-0.25, -0.2) is 0 Å². The smallest absolute Gasteiger partial charge is 0.308 e. The predicted octanol–water partition coefficient (Wildman–Crippen LogP) is 2.14. The summed E-state index contributed by atoms with van der Waals surface area (Å²) in [5, 5.41) is 9.56. The SMILES string of the molecule is COc1ccc(Cl)cc1C(=O)N1C[C@@H](C)[C@H](C(=O)O)C1. The van der Waals surface area contributed by atoms with E-state index < -0.39 is 11.9 Å². The highest BCUT2D eigenvalue weighted by molar-refractivity contribution is 6.31. The van der Waals surface area contributed by atoms with Crippen LogP contribution in [0.5, 0.6) is 5.75 Å². The van der Waals surface area contributed by atoms with Crippen molar-refractivity contribution < 1.29 is 19.4 Å². The third-order valence-corrected chi connectivity index (χ3v) is 3.84. The maximum Gasteiger partial charge on any atom is 0.308 e. The van der Waals surface area contributed by atoms with E-state index >= 15 is 0 Å². The van der Waals surface area contributed by atoms with Gasteiger partial charge in [-0.2, -0.15) is 0 Å². The Morgan fingerprint density at radius 3 is 2.65 bits per heavy atom. The van der Waals surface area contributed by atoms with E-state index in [9.17, 15) is 9.59 Å². The van der Waals surface area contributed by atoms with E-state index in [0.717, 1.165) is 0 Å². The van der Waals surface area contributed by atoms with Crippen LogP contribution in [0.15, 0.2) is 18.2 Å². The molecule has 0 saturated carbocycles. The number of hydrogen-bond acceptors (Lipinski definition) is 3. The minimum atomic E-state index is -0.870. The molecule has 1 N–H and O–H groups in total. The molecule has 2 atom stereocenters. The van der Waals surface area contributed by atoms with Gasteiger partial charge in [0.15, 0.2) is 0 Å². The molecule has 1 aliphatic heterocycles. The van der Waals surface area contributed by atoms with Crippen molar-refractivity contribution in [3.63, 3.8) is 0 Å². The molecule has 2 rings (SSSR count). The summed E-state index contributed by atoms with van der Waals surface area (Å²) in [6, 6.07) is 4.81. The normalized spacial score (nSPS) is 21.9. The number of nitrogens with zero attached hydrogens (tertiary/aromatic N) is 1. The van der Waals surface area contributed by atoms with Crippen molar-refractivity contribution in [2.75, 3.05) is 20.2 Å². The molecule has 0 radical (unpaired) electrons. The molecular weight excluding hydrogens is 282 g/mol. The quantitative estimate of drug-likeness (QED) is 0.928. The molecule has 0 spiro atoms. The van der Waals surface area contributed by atoms with Gasteiger partial charge in [-0.15, -0.1) is 0 Å². The van der Waals surface area contributed by atoms with Crippen molar-refractivity contribution in [2.24, 2.45) is 11.8 Å². The Bertz CT molecular complexity index is 546. The number of carbonyl (C=O) groups is 2. The number of carbonyl (C=O) groups excluding carboxylic acids is 1. The monoisotopic (exact) mass is 297 g/mol. The number of halogens is 1. The van der Waals surface area contributed by atoms with Crippen molar-refractivity contribution in [3.8, 4) is 5.75 Å². The van der Waals surface area contributed by atoms with E-state index in [2.05, 4.69) is 0 Å². The zero-order valence-electron chi connectivity index (χ0n) is 11.3. The van der Waals surface area contributed by atoms with Gasteiger partial charge in [-0.05, 0) is 24.1 Å². The summed E-state index contributed by atoms with van der Waals surface area (Å²) in [4.78, 5) is 25.1. The van der Waals surface area contributed by atoms with Crippen LogP contribution in [-0.4, -0.2) is 42.1 Å². The molecule has 1 aromatic rings. The van der Waals surface area contributed by atoms with Crippen molar-refractivity contribution in [3.05, 3.63) is 28.8 Å². The fourth-order valence-electron chi connectivity index (χ4n) is 2.47. The lowest BCUT2D eigenvalue weighted by Gasteiger charge is -2.17. The number of likely N-dealkylation sites (tertiary alicyclic amines) is 1. The van der Waals surface area contributed by atoms with E-state index in [1.807, 2.05) is 6.92 Å². The molecule has 5 nitrogen and oxygen atoms in total. The van der Waals surface area contributed by atoms with Crippen LogP contribution in [0.4, 0.5) is 0 Å². The second kappa shape index (κ2) is 5.71. The van der Waals surface area contributed by atoms with Crippen LogP contribution >= 0.6 is 11.6 Å². The molecule has 1 heterocycles. The van der Waals surface area contributed by atoms with Crippen LogP contribution in [0, 0.1) is 11.8 Å². The van der Waals surface area contributed by atoms with Crippen LogP contribution < -0.4 is 4.74 Å². The Balaban J connectivity index is 2.25. The zero-order chi connectivity index (χ0) is 14.9. The number of ether oxygens (including phenoxy) is 1. The standard InChI is InChI=1S/C14H16ClNO4/c1-8-6-16(7-11(8)14(18)19)13(17)10-5-9(15)3-4-12(10)20-2/h3-5,8,11H,6-7H2,1-2H3,(H,18,19)/t8-,11-/m1/s1. The molecule has 0 bridgehead atoms. The number of rotatable bonds is 3. The first kappa shape index (κ1) is 14.7. The van der Waals surface area contributed by atoms with Crippen LogP contribution in [-0.2, 0) is 4.79 Å². The first-order valence-electron chi connectivity index (χ1n) is 6.29. The van der Waals surface area contributed by atoms with Crippen molar-refractivity contribution in [1.82, 2.24) is 4.90 Å². The molecule has 0 unspecified atom stereocenters. The molecule has 1 saturated heterocycles. The van der Waals surface area contributed by atoms with Crippen molar-refractivity contribution in [1.29, 1.82) is 0 Å². The van der Waals surface area contributed by atoms with Crippen molar-refractivity contribution >= 4 is 23.5 Å². The van der Waals surface area contributed by atoms with Crippen LogP contribution in [0.3, 0.4) is 0 Å². The van der Waals surface area contributed by atoms with E-state index in [1.54, 1.807) is 18.2 Å². The van der Waals surface area contributed by atoms with Crippen LogP contribution in [0.1, 0.15) is 17.3 Å². The molecule has 6 heteroatoms. The minimum Gasteiger partial charge on any atom is -0.496 e. The lowest BCUT2D eigenvalue weighted by Crippen LogP contribution is -2.30. The zero-order valence-corrected chi connectivity index (χ0v) is 12.1. The van der Waals surface area contributed by atoms with E-state index in [1.165, 1.54) is 12.0 Å². The molecule has 0 aliphatic carbocycles. The fourth-order valence-corrected chi connectivity index (χ4v) is 2.64. The van der Waals surface area contributed by atoms with Gasteiger partial charge in [0, 0.05) is 18.1 Å². The average molecular weight is 298 g/mol. The summed E-state index contributed by atoms with van der Waals surface area (Å²) in [6.45, 7) is 2.47. The molecule has 20 heavy (non-hydrogen) atoms. The Morgan fingerprint density at radius 1 is 1.40 bits per heavy atom. The summed E-state index contributed by atoms with van der Waals surface area (Å²) in [5.41, 5.74) is 0.359. The van der Waals surface area contributed by atoms with Gasteiger partial charge in [-0.3, -0.25) is 9.59 Å². The summed E-state index contributed by atoms with van der Waals surface area (Å²) < 4.78 is 5.16. The minimum absolute atomic E-state index is 0.0679. The number of benzene rings is 1.